The molecule has 0 aliphatic rings. The summed E-state index contributed by atoms with van der Waals surface area (Å²) in [4.78, 5) is 17.8. The third kappa shape index (κ3) is 5.39. The number of thiazole rings is 1. The zero-order valence-corrected chi connectivity index (χ0v) is 20.3. The van der Waals surface area contributed by atoms with Gasteiger partial charge in [-0.05, 0) is 35.7 Å². The predicted octanol–water partition coefficient (Wildman–Crippen LogP) is 7.95. The lowest BCUT2D eigenvalue weighted by Gasteiger charge is -2.18. The highest BCUT2D eigenvalue weighted by molar-refractivity contribution is 7.13. The molecule has 0 unspecified atom stereocenters. The molecule has 0 saturated carbocycles. The molecule has 0 fully saturated rings. The molecular formula is C31H26N2OS. The Balaban J connectivity index is 1.29. The van der Waals surface area contributed by atoms with Gasteiger partial charge in [0, 0.05) is 34.5 Å². The molecule has 4 heteroatoms. The van der Waals surface area contributed by atoms with Gasteiger partial charge in [-0.2, -0.15) is 0 Å². The first-order valence-corrected chi connectivity index (χ1v) is 12.6. The van der Waals surface area contributed by atoms with Gasteiger partial charge in [0.05, 0.1) is 5.69 Å². The monoisotopic (exact) mass is 474 g/mol. The van der Waals surface area contributed by atoms with Crippen molar-refractivity contribution in [2.24, 2.45) is 0 Å². The van der Waals surface area contributed by atoms with Crippen LogP contribution in [0, 0.1) is 6.92 Å². The molecule has 1 aromatic heterocycles. The summed E-state index contributed by atoms with van der Waals surface area (Å²) in [6.07, 6.45) is 0.377. The Labute approximate surface area is 210 Å². The van der Waals surface area contributed by atoms with E-state index < -0.39 is 0 Å². The summed E-state index contributed by atoms with van der Waals surface area (Å²) in [5, 5.41) is 6.17. The van der Waals surface area contributed by atoms with E-state index in [1.807, 2.05) is 72.8 Å². The molecule has 0 radical (unpaired) electrons. The number of aromatic nitrogens is 1. The second-order valence-electron chi connectivity index (χ2n) is 8.56. The summed E-state index contributed by atoms with van der Waals surface area (Å²) < 4.78 is 0. The first kappa shape index (κ1) is 22.8. The van der Waals surface area contributed by atoms with Crippen LogP contribution >= 0.6 is 11.3 Å². The lowest BCUT2D eigenvalue weighted by molar-refractivity contribution is -0.116. The summed E-state index contributed by atoms with van der Waals surface area (Å²) in [6.45, 7) is 2.11. The van der Waals surface area contributed by atoms with Crippen molar-refractivity contribution in [1.29, 1.82) is 0 Å². The van der Waals surface area contributed by atoms with Crippen molar-refractivity contribution in [2.45, 2.75) is 19.3 Å². The SMILES string of the molecule is Cc1ccccc1-c1nc(-c2ccc(NC(=O)CC(c3ccccc3)c3ccccc3)cc2)cs1. The number of aryl methyl sites for hydroxylation is 1. The zero-order valence-electron chi connectivity index (χ0n) is 19.5. The number of amides is 1. The van der Waals surface area contributed by atoms with Crippen molar-refractivity contribution in [2.75, 3.05) is 5.32 Å². The second kappa shape index (κ2) is 10.5. The number of carbonyl (C=O) groups is 1. The third-order valence-corrected chi connectivity index (χ3v) is 7.01. The van der Waals surface area contributed by atoms with Crippen molar-refractivity contribution in [3.05, 3.63) is 131 Å². The molecule has 1 heterocycles. The smallest absolute Gasteiger partial charge is 0.225 e. The lowest BCUT2D eigenvalue weighted by atomic mass is 9.88. The van der Waals surface area contributed by atoms with Crippen LogP contribution in [0.4, 0.5) is 5.69 Å². The molecule has 5 rings (SSSR count). The van der Waals surface area contributed by atoms with Crippen LogP contribution in [0.25, 0.3) is 21.8 Å². The maximum atomic E-state index is 13.0. The molecule has 0 aliphatic carbocycles. The fourth-order valence-corrected chi connectivity index (χ4v) is 5.18. The number of nitrogens with one attached hydrogen (secondary N) is 1. The summed E-state index contributed by atoms with van der Waals surface area (Å²) in [5.41, 5.74) is 7.42. The summed E-state index contributed by atoms with van der Waals surface area (Å²) >= 11 is 1.65. The number of hydrogen-bond acceptors (Lipinski definition) is 3. The van der Waals surface area contributed by atoms with Crippen molar-refractivity contribution in [3.63, 3.8) is 0 Å². The van der Waals surface area contributed by atoms with E-state index in [1.54, 1.807) is 11.3 Å². The highest BCUT2D eigenvalue weighted by Crippen LogP contribution is 2.32. The number of benzene rings is 4. The molecule has 0 saturated heterocycles. The maximum absolute atomic E-state index is 13.0. The van der Waals surface area contributed by atoms with Gasteiger partial charge in [-0.15, -0.1) is 11.3 Å². The fraction of sp³-hybridized carbons (Fsp3) is 0.0968. The van der Waals surface area contributed by atoms with E-state index in [0.29, 0.717) is 6.42 Å². The fourth-order valence-electron chi connectivity index (χ4n) is 4.26. The maximum Gasteiger partial charge on any atom is 0.225 e. The molecule has 0 spiro atoms. The van der Waals surface area contributed by atoms with E-state index >= 15 is 0 Å². The molecule has 5 aromatic rings. The minimum absolute atomic E-state index is 0.00606. The normalized spacial score (nSPS) is 10.9. The van der Waals surface area contributed by atoms with E-state index in [0.717, 1.165) is 33.1 Å². The predicted molar refractivity (Wildman–Crippen MR) is 146 cm³/mol. The van der Waals surface area contributed by atoms with Crippen molar-refractivity contribution >= 4 is 22.9 Å². The number of nitrogens with zero attached hydrogens (tertiary/aromatic N) is 1. The number of anilines is 1. The Kier molecular flexibility index (Phi) is 6.82. The minimum Gasteiger partial charge on any atom is -0.326 e. The highest BCUT2D eigenvalue weighted by atomic mass is 32.1. The zero-order chi connectivity index (χ0) is 24.0. The third-order valence-electron chi connectivity index (χ3n) is 6.14. The lowest BCUT2D eigenvalue weighted by Crippen LogP contribution is -2.16. The van der Waals surface area contributed by atoms with Gasteiger partial charge in [0.1, 0.15) is 5.01 Å². The Bertz CT molecular complexity index is 1370. The largest absolute Gasteiger partial charge is 0.326 e. The van der Waals surface area contributed by atoms with Crippen LogP contribution < -0.4 is 5.32 Å². The molecule has 1 amide bonds. The van der Waals surface area contributed by atoms with Crippen LogP contribution in [0.2, 0.25) is 0 Å². The van der Waals surface area contributed by atoms with Gasteiger partial charge in [0.2, 0.25) is 5.91 Å². The number of rotatable bonds is 7. The molecular weight excluding hydrogens is 448 g/mol. The Morgan fingerprint density at radius 2 is 1.40 bits per heavy atom. The van der Waals surface area contributed by atoms with Gasteiger partial charge in [-0.25, -0.2) is 4.98 Å². The van der Waals surface area contributed by atoms with Crippen LogP contribution in [0.5, 0.6) is 0 Å². The summed E-state index contributed by atoms with van der Waals surface area (Å²) in [6, 6.07) is 36.6. The average Bonchev–Trinajstić information content (AvgIpc) is 3.39. The molecule has 0 atom stereocenters. The second-order valence-corrected chi connectivity index (χ2v) is 9.41. The van der Waals surface area contributed by atoms with Gasteiger partial charge in [0.25, 0.3) is 0 Å². The van der Waals surface area contributed by atoms with Crippen LogP contribution in [0.1, 0.15) is 29.0 Å². The summed E-state index contributed by atoms with van der Waals surface area (Å²) in [7, 11) is 0. The van der Waals surface area contributed by atoms with Gasteiger partial charge in [-0.3, -0.25) is 4.79 Å². The number of carbonyl (C=O) groups excluding carboxylic acids is 1. The quantitative estimate of drug-likeness (QED) is 0.260. The van der Waals surface area contributed by atoms with Crippen LogP contribution in [0.15, 0.2) is 115 Å². The Morgan fingerprint density at radius 3 is 2.03 bits per heavy atom. The molecule has 0 bridgehead atoms. The van der Waals surface area contributed by atoms with Crippen LogP contribution in [-0.2, 0) is 4.79 Å². The Morgan fingerprint density at radius 1 is 0.800 bits per heavy atom. The van der Waals surface area contributed by atoms with E-state index in [4.69, 9.17) is 4.98 Å². The minimum atomic E-state index is -0.00838. The van der Waals surface area contributed by atoms with Crippen molar-refractivity contribution < 1.29 is 4.79 Å². The van der Waals surface area contributed by atoms with Crippen LogP contribution in [0.3, 0.4) is 0 Å². The van der Waals surface area contributed by atoms with Gasteiger partial charge < -0.3 is 5.32 Å². The summed E-state index contributed by atoms with van der Waals surface area (Å²) in [5.74, 6) is -0.00232. The average molecular weight is 475 g/mol. The molecule has 172 valence electrons. The number of hydrogen-bond donors (Lipinski definition) is 1. The standard InChI is InChI=1S/C31H26N2OS/c1-22-10-8-9-15-27(22)31-33-29(21-35-31)25-16-18-26(19-17-25)32-30(34)20-28(23-11-4-2-5-12-23)24-13-6-3-7-14-24/h2-19,21,28H,20H2,1H3,(H,32,34). The van der Waals surface area contributed by atoms with Gasteiger partial charge >= 0.3 is 0 Å². The first-order chi connectivity index (χ1) is 17.2. The Hall–Kier alpha value is -4.02. The first-order valence-electron chi connectivity index (χ1n) is 11.7. The molecule has 4 aromatic carbocycles. The van der Waals surface area contributed by atoms with E-state index in [9.17, 15) is 4.79 Å². The molecule has 35 heavy (non-hydrogen) atoms. The van der Waals surface area contributed by atoms with Gasteiger partial charge in [-0.1, -0.05) is 97.1 Å². The van der Waals surface area contributed by atoms with E-state index in [-0.39, 0.29) is 11.8 Å². The molecule has 0 aliphatic heterocycles. The molecule has 1 N–H and O–H groups in total. The van der Waals surface area contributed by atoms with Crippen molar-refractivity contribution in [1.82, 2.24) is 4.98 Å². The van der Waals surface area contributed by atoms with Crippen LogP contribution in [-0.4, -0.2) is 10.9 Å². The van der Waals surface area contributed by atoms with Gasteiger partial charge in [0.15, 0.2) is 0 Å². The van der Waals surface area contributed by atoms with E-state index in [1.165, 1.54) is 11.1 Å². The van der Waals surface area contributed by atoms with Crippen molar-refractivity contribution in [3.8, 4) is 21.8 Å². The van der Waals surface area contributed by atoms with E-state index in [2.05, 4.69) is 54.0 Å². The highest BCUT2D eigenvalue weighted by Gasteiger charge is 2.18. The molecule has 3 nitrogen and oxygen atoms in total. The topological polar surface area (TPSA) is 42.0 Å².